The molecule has 2 rings (SSSR count). The highest BCUT2D eigenvalue weighted by molar-refractivity contribution is 6.07. The van der Waals surface area contributed by atoms with Gasteiger partial charge in [-0.15, -0.1) is 0 Å². The van der Waals surface area contributed by atoms with Gasteiger partial charge in [-0.25, -0.2) is 4.79 Å². The summed E-state index contributed by atoms with van der Waals surface area (Å²) in [7, 11) is 0. The predicted octanol–water partition coefficient (Wildman–Crippen LogP) is 2.34. The second kappa shape index (κ2) is 5.30. The third-order valence-corrected chi connectivity index (χ3v) is 2.58. The topological polar surface area (TPSA) is 79.3 Å². The summed E-state index contributed by atoms with van der Waals surface area (Å²) >= 11 is 0. The molecule has 2 N–H and O–H groups in total. The third-order valence-electron chi connectivity index (χ3n) is 2.58. The molecule has 0 atom stereocenters. The minimum absolute atomic E-state index is 0.0582. The molecule has 1 amide bonds. The minimum atomic E-state index is -1.08. The summed E-state index contributed by atoms with van der Waals surface area (Å²) in [4.78, 5) is 26.9. The number of hydrogen-bond acceptors (Lipinski definition) is 3. The van der Waals surface area contributed by atoms with Gasteiger partial charge in [0.25, 0.3) is 5.91 Å². The van der Waals surface area contributed by atoms with Gasteiger partial charge in [0.1, 0.15) is 0 Å². The van der Waals surface area contributed by atoms with Gasteiger partial charge >= 0.3 is 5.97 Å². The average molecular weight is 256 g/mol. The number of carboxylic acids is 1. The molecule has 5 nitrogen and oxygen atoms in total. The number of nitrogens with one attached hydrogen (secondary N) is 1. The van der Waals surface area contributed by atoms with Crippen molar-refractivity contribution in [2.45, 2.75) is 6.92 Å². The third kappa shape index (κ3) is 2.95. The van der Waals surface area contributed by atoms with Crippen molar-refractivity contribution >= 4 is 17.6 Å². The van der Waals surface area contributed by atoms with Crippen molar-refractivity contribution in [2.24, 2.45) is 0 Å². The molecule has 96 valence electrons. The Bertz CT molecular complexity index is 624. The van der Waals surface area contributed by atoms with Gasteiger partial charge in [0, 0.05) is 12.4 Å². The summed E-state index contributed by atoms with van der Waals surface area (Å²) < 4.78 is 0. The number of nitrogens with zero attached hydrogens (tertiary/aromatic N) is 1. The van der Waals surface area contributed by atoms with E-state index in [1.54, 1.807) is 30.5 Å². The normalized spacial score (nSPS) is 9.95. The largest absolute Gasteiger partial charge is 0.478 e. The molecule has 5 heteroatoms. The molecular formula is C14H12N2O3. The van der Waals surface area contributed by atoms with Gasteiger partial charge in [-0.3, -0.25) is 9.78 Å². The van der Waals surface area contributed by atoms with E-state index in [4.69, 9.17) is 5.11 Å². The lowest BCUT2D eigenvalue weighted by Gasteiger charge is -2.09. The van der Waals surface area contributed by atoms with E-state index in [-0.39, 0.29) is 17.2 Å². The number of amides is 1. The molecule has 0 aliphatic carbocycles. The molecule has 1 aromatic heterocycles. The van der Waals surface area contributed by atoms with E-state index in [0.29, 0.717) is 5.56 Å². The van der Waals surface area contributed by atoms with E-state index in [0.717, 1.165) is 5.56 Å². The summed E-state index contributed by atoms with van der Waals surface area (Å²) in [6.07, 6.45) is 2.98. The van der Waals surface area contributed by atoms with Crippen LogP contribution in [0.3, 0.4) is 0 Å². The summed E-state index contributed by atoms with van der Waals surface area (Å²) in [5.41, 5.74) is 1.58. The Kier molecular flexibility index (Phi) is 3.56. The molecule has 0 unspecified atom stereocenters. The maximum Gasteiger partial charge on any atom is 0.337 e. The summed E-state index contributed by atoms with van der Waals surface area (Å²) in [6.45, 7) is 1.82. The van der Waals surface area contributed by atoms with Crippen molar-refractivity contribution in [1.29, 1.82) is 0 Å². The molecule has 1 aromatic carbocycles. The summed E-state index contributed by atoms with van der Waals surface area (Å²) in [6, 6.07) is 8.03. The Morgan fingerprint density at radius 1 is 1.26 bits per heavy atom. The molecule has 2 aromatic rings. The molecule has 0 fully saturated rings. The number of benzene rings is 1. The fourth-order valence-corrected chi connectivity index (χ4v) is 1.64. The van der Waals surface area contributed by atoms with Gasteiger partial charge < -0.3 is 10.4 Å². The second-order valence-electron chi connectivity index (χ2n) is 4.05. The van der Waals surface area contributed by atoms with Crippen molar-refractivity contribution in [3.05, 3.63) is 59.4 Å². The van der Waals surface area contributed by atoms with Crippen LogP contribution in [-0.4, -0.2) is 22.0 Å². The zero-order valence-electron chi connectivity index (χ0n) is 10.3. The number of carboxylic acid groups (broad SMARTS) is 1. The van der Waals surface area contributed by atoms with Crippen molar-refractivity contribution in [3.8, 4) is 0 Å². The van der Waals surface area contributed by atoms with E-state index in [1.165, 1.54) is 12.3 Å². The molecule has 0 saturated heterocycles. The van der Waals surface area contributed by atoms with Crippen LogP contribution in [0.5, 0.6) is 0 Å². The minimum Gasteiger partial charge on any atom is -0.478 e. The highest BCUT2D eigenvalue weighted by atomic mass is 16.4. The first-order chi connectivity index (χ1) is 9.08. The quantitative estimate of drug-likeness (QED) is 0.883. The Hall–Kier alpha value is -2.69. The highest BCUT2D eigenvalue weighted by Crippen LogP contribution is 2.18. The molecule has 0 saturated carbocycles. The Labute approximate surface area is 109 Å². The van der Waals surface area contributed by atoms with Crippen LogP contribution in [0.2, 0.25) is 0 Å². The summed E-state index contributed by atoms with van der Waals surface area (Å²) in [5.74, 6) is -1.47. The monoisotopic (exact) mass is 256 g/mol. The zero-order valence-corrected chi connectivity index (χ0v) is 10.3. The first-order valence-electron chi connectivity index (χ1n) is 5.63. The van der Waals surface area contributed by atoms with Crippen molar-refractivity contribution in [3.63, 3.8) is 0 Å². The number of aryl methyl sites for hydroxylation is 1. The Balaban J connectivity index is 2.31. The van der Waals surface area contributed by atoms with Crippen LogP contribution in [0.15, 0.2) is 42.7 Å². The van der Waals surface area contributed by atoms with Gasteiger partial charge in [-0.05, 0) is 36.8 Å². The molecule has 19 heavy (non-hydrogen) atoms. The van der Waals surface area contributed by atoms with Gasteiger partial charge in [0.2, 0.25) is 0 Å². The van der Waals surface area contributed by atoms with Gasteiger partial charge in [-0.2, -0.15) is 0 Å². The molecule has 0 aliphatic heterocycles. The number of aromatic nitrogens is 1. The van der Waals surface area contributed by atoms with Crippen LogP contribution in [-0.2, 0) is 0 Å². The van der Waals surface area contributed by atoms with Crippen LogP contribution in [0.25, 0.3) is 0 Å². The fraction of sp³-hybridized carbons (Fsp3) is 0.0714. The van der Waals surface area contributed by atoms with Crippen LogP contribution < -0.4 is 5.32 Å². The van der Waals surface area contributed by atoms with Crippen molar-refractivity contribution in [2.75, 3.05) is 5.32 Å². The number of carbonyl (C=O) groups excluding carboxylic acids is 1. The number of rotatable bonds is 3. The average Bonchev–Trinajstić information content (AvgIpc) is 2.39. The molecule has 0 aliphatic rings. The molecular weight excluding hydrogens is 244 g/mol. The van der Waals surface area contributed by atoms with Crippen LogP contribution in [0, 0.1) is 6.92 Å². The van der Waals surface area contributed by atoms with Gasteiger partial charge in [0.05, 0.1) is 16.8 Å². The highest BCUT2D eigenvalue weighted by Gasteiger charge is 2.13. The standard InChI is InChI=1S/C14H12N2O3/c1-9-4-5-11(14(18)19)12(7-9)16-13(17)10-3-2-6-15-8-10/h2-8H,1H3,(H,16,17)(H,18,19). The molecule has 0 spiro atoms. The van der Waals surface area contributed by atoms with E-state index < -0.39 is 5.97 Å². The summed E-state index contributed by atoms with van der Waals surface area (Å²) in [5, 5.41) is 11.7. The fourth-order valence-electron chi connectivity index (χ4n) is 1.64. The lowest BCUT2D eigenvalue weighted by atomic mass is 10.1. The SMILES string of the molecule is Cc1ccc(C(=O)O)c(NC(=O)c2cccnc2)c1. The van der Waals surface area contributed by atoms with E-state index in [9.17, 15) is 9.59 Å². The molecule has 0 bridgehead atoms. The number of aromatic carboxylic acids is 1. The number of anilines is 1. The Morgan fingerprint density at radius 2 is 2.05 bits per heavy atom. The lowest BCUT2D eigenvalue weighted by Crippen LogP contribution is -2.15. The van der Waals surface area contributed by atoms with Gasteiger partial charge in [-0.1, -0.05) is 6.07 Å². The smallest absolute Gasteiger partial charge is 0.337 e. The van der Waals surface area contributed by atoms with Crippen molar-refractivity contribution < 1.29 is 14.7 Å². The van der Waals surface area contributed by atoms with Crippen molar-refractivity contribution in [1.82, 2.24) is 4.98 Å². The zero-order chi connectivity index (χ0) is 13.8. The van der Waals surface area contributed by atoms with E-state index >= 15 is 0 Å². The number of pyridine rings is 1. The molecule has 1 heterocycles. The Morgan fingerprint density at radius 3 is 2.68 bits per heavy atom. The maximum atomic E-state index is 12.0. The number of carbonyl (C=O) groups is 2. The lowest BCUT2D eigenvalue weighted by molar-refractivity contribution is 0.0698. The molecule has 0 radical (unpaired) electrons. The first-order valence-corrected chi connectivity index (χ1v) is 5.63. The van der Waals surface area contributed by atoms with E-state index in [1.807, 2.05) is 6.92 Å². The van der Waals surface area contributed by atoms with E-state index in [2.05, 4.69) is 10.3 Å². The van der Waals surface area contributed by atoms with Crippen LogP contribution >= 0.6 is 0 Å². The van der Waals surface area contributed by atoms with Crippen LogP contribution in [0.4, 0.5) is 5.69 Å². The van der Waals surface area contributed by atoms with Crippen LogP contribution in [0.1, 0.15) is 26.3 Å². The number of hydrogen-bond donors (Lipinski definition) is 2. The van der Waals surface area contributed by atoms with Gasteiger partial charge in [0.15, 0.2) is 0 Å². The maximum absolute atomic E-state index is 12.0. The second-order valence-corrected chi connectivity index (χ2v) is 4.05. The first kappa shape index (κ1) is 12.8. The predicted molar refractivity (Wildman–Crippen MR) is 70.3 cm³/mol.